The number of carbonyl (C=O) groups is 1. The number of allylic oxidation sites excluding steroid dienone is 1. The van der Waals surface area contributed by atoms with Gasteiger partial charge in [0.2, 0.25) is 0 Å². The van der Waals surface area contributed by atoms with E-state index in [1.54, 1.807) is 5.57 Å². The molecule has 1 heterocycles. The van der Waals surface area contributed by atoms with E-state index < -0.39 is 0 Å². The zero-order valence-corrected chi connectivity index (χ0v) is 17.5. The molecule has 0 spiro atoms. The first kappa shape index (κ1) is 19.9. The maximum Gasteiger partial charge on any atom is 0.311 e. The number of rotatable bonds is 7. The highest BCUT2D eigenvalue weighted by Crippen LogP contribution is 2.53. The van der Waals surface area contributed by atoms with Crippen LogP contribution in [0.25, 0.3) is 0 Å². The Kier molecular flexibility index (Phi) is 6.16. The van der Waals surface area contributed by atoms with Crippen molar-refractivity contribution < 1.29 is 9.53 Å². The van der Waals surface area contributed by atoms with E-state index in [0.717, 1.165) is 18.9 Å². The van der Waals surface area contributed by atoms with Gasteiger partial charge in [0, 0.05) is 18.5 Å². The number of esters is 1. The molecule has 1 saturated carbocycles. The van der Waals surface area contributed by atoms with Crippen LogP contribution in [0.1, 0.15) is 79.6 Å². The lowest BCUT2D eigenvalue weighted by atomic mass is 9.59. The average molecular weight is 362 g/mol. The average Bonchev–Trinajstić information content (AvgIpc) is 2.84. The lowest BCUT2D eigenvalue weighted by Crippen LogP contribution is -2.41. The Hall–Kier alpha value is -0.830. The van der Waals surface area contributed by atoms with Crippen LogP contribution < -0.4 is 5.32 Å². The van der Waals surface area contributed by atoms with Crippen LogP contribution >= 0.6 is 0 Å². The van der Waals surface area contributed by atoms with Crippen molar-refractivity contribution in [3.63, 3.8) is 0 Å². The Labute approximate surface area is 160 Å². The standard InChI is InChI=1S/C23H39NO2/c1-15(2)8-6-10-17(4)24-14-19-18-12-20-16(3)9-7-11-23(20,5)13-21(18)26-22(19)25/h12,15-19,21,24H,6-11,13-14H2,1-5H3. The van der Waals surface area contributed by atoms with Crippen LogP contribution in [0.5, 0.6) is 0 Å². The summed E-state index contributed by atoms with van der Waals surface area (Å²) in [6.45, 7) is 12.3. The second-order valence-corrected chi connectivity index (χ2v) is 9.97. The Balaban J connectivity index is 1.61. The highest BCUT2D eigenvalue weighted by atomic mass is 16.6. The first-order chi connectivity index (χ1) is 12.3. The number of fused-ring (bicyclic) bond motifs is 2. The molecule has 2 fully saturated rings. The van der Waals surface area contributed by atoms with Gasteiger partial charge in [0.25, 0.3) is 0 Å². The van der Waals surface area contributed by atoms with E-state index in [-0.39, 0.29) is 29.3 Å². The zero-order chi connectivity index (χ0) is 18.9. The van der Waals surface area contributed by atoms with Gasteiger partial charge in [-0.1, -0.05) is 58.6 Å². The Morgan fingerprint density at radius 1 is 1.31 bits per heavy atom. The van der Waals surface area contributed by atoms with Gasteiger partial charge in [-0.15, -0.1) is 0 Å². The van der Waals surface area contributed by atoms with Crippen molar-refractivity contribution >= 4 is 5.97 Å². The topological polar surface area (TPSA) is 38.3 Å². The lowest BCUT2D eigenvalue weighted by molar-refractivity contribution is -0.145. The first-order valence-electron chi connectivity index (χ1n) is 11.0. The van der Waals surface area contributed by atoms with E-state index in [1.165, 1.54) is 38.5 Å². The fourth-order valence-electron chi connectivity index (χ4n) is 5.54. The summed E-state index contributed by atoms with van der Waals surface area (Å²) in [4.78, 5) is 12.6. The van der Waals surface area contributed by atoms with E-state index >= 15 is 0 Å². The molecule has 3 aliphatic rings. The van der Waals surface area contributed by atoms with Crippen LogP contribution in [0.15, 0.2) is 11.6 Å². The summed E-state index contributed by atoms with van der Waals surface area (Å²) in [5.74, 6) is 1.73. The van der Waals surface area contributed by atoms with E-state index in [4.69, 9.17) is 4.74 Å². The minimum atomic E-state index is -0.00118. The molecule has 0 aromatic carbocycles. The Bertz CT molecular complexity index is 540. The molecule has 2 aliphatic carbocycles. The molecule has 148 valence electrons. The summed E-state index contributed by atoms with van der Waals surface area (Å²) < 4.78 is 5.85. The van der Waals surface area contributed by atoms with Gasteiger partial charge in [-0.05, 0) is 49.9 Å². The van der Waals surface area contributed by atoms with Crippen molar-refractivity contribution in [1.82, 2.24) is 5.32 Å². The second kappa shape index (κ2) is 8.04. The molecule has 3 rings (SSSR count). The minimum absolute atomic E-state index is 0.00118. The van der Waals surface area contributed by atoms with Crippen molar-refractivity contribution in [2.45, 2.75) is 91.7 Å². The molecule has 26 heavy (non-hydrogen) atoms. The highest BCUT2D eigenvalue weighted by Gasteiger charge is 2.51. The number of ether oxygens (including phenoxy) is 1. The predicted octanol–water partition coefficient (Wildman–Crippen LogP) is 5.11. The van der Waals surface area contributed by atoms with Gasteiger partial charge >= 0.3 is 5.97 Å². The monoisotopic (exact) mass is 361 g/mol. The smallest absolute Gasteiger partial charge is 0.311 e. The molecular weight excluding hydrogens is 322 g/mol. The quantitative estimate of drug-likeness (QED) is 0.506. The van der Waals surface area contributed by atoms with Gasteiger partial charge in [-0.3, -0.25) is 4.79 Å². The molecule has 3 nitrogen and oxygen atoms in total. The van der Waals surface area contributed by atoms with Gasteiger partial charge in [0.1, 0.15) is 6.10 Å². The molecular formula is C23H39NO2. The highest BCUT2D eigenvalue weighted by molar-refractivity contribution is 5.76. The van der Waals surface area contributed by atoms with Gasteiger partial charge in [-0.2, -0.15) is 0 Å². The number of carbonyl (C=O) groups excluding carboxylic acids is 1. The maximum absolute atomic E-state index is 12.6. The third kappa shape index (κ3) is 4.18. The summed E-state index contributed by atoms with van der Waals surface area (Å²) in [6.07, 6.45) is 11.2. The number of hydrogen-bond acceptors (Lipinski definition) is 3. The van der Waals surface area contributed by atoms with E-state index in [0.29, 0.717) is 12.0 Å². The Morgan fingerprint density at radius 2 is 2.08 bits per heavy atom. The fourth-order valence-corrected chi connectivity index (χ4v) is 5.54. The molecule has 6 unspecified atom stereocenters. The summed E-state index contributed by atoms with van der Waals surface area (Å²) in [6, 6.07) is 0.468. The van der Waals surface area contributed by atoms with Gasteiger partial charge in [-0.25, -0.2) is 0 Å². The van der Waals surface area contributed by atoms with Crippen molar-refractivity contribution in [3.05, 3.63) is 11.6 Å². The molecule has 0 amide bonds. The first-order valence-corrected chi connectivity index (χ1v) is 11.0. The van der Waals surface area contributed by atoms with Crippen LogP contribution in [0.2, 0.25) is 0 Å². The van der Waals surface area contributed by atoms with Crippen LogP contribution in [0, 0.1) is 29.1 Å². The zero-order valence-electron chi connectivity index (χ0n) is 17.5. The second-order valence-electron chi connectivity index (χ2n) is 9.97. The molecule has 1 N–H and O–H groups in total. The SMILES string of the molecule is CC(C)CCCC(C)NCC1C(=O)OC2CC3(C)CCCC(C)C3=CC21. The van der Waals surface area contributed by atoms with Crippen LogP contribution in [0.3, 0.4) is 0 Å². The molecule has 6 atom stereocenters. The van der Waals surface area contributed by atoms with Crippen LogP contribution in [-0.4, -0.2) is 24.7 Å². The van der Waals surface area contributed by atoms with Crippen LogP contribution in [0.4, 0.5) is 0 Å². The molecule has 1 saturated heterocycles. The van der Waals surface area contributed by atoms with Crippen LogP contribution in [-0.2, 0) is 9.53 Å². The lowest BCUT2D eigenvalue weighted by Gasteiger charge is -2.46. The van der Waals surface area contributed by atoms with Crippen molar-refractivity contribution in [1.29, 1.82) is 0 Å². The van der Waals surface area contributed by atoms with E-state index in [2.05, 4.69) is 46.0 Å². The maximum atomic E-state index is 12.6. The summed E-state index contributed by atoms with van der Waals surface area (Å²) in [5.41, 5.74) is 1.87. The molecule has 3 heteroatoms. The van der Waals surface area contributed by atoms with Gasteiger partial charge in [0.15, 0.2) is 0 Å². The normalized spacial score (nSPS) is 37.8. The number of hydrogen-bond donors (Lipinski definition) is 1. The summed E-state index contributed by atoms with van der Waals surface area (Å²) in [7, 11) is 0. The van der Waals surface area contributed by atoms with E-state index in [1.807, 2.05) is 0 Å². The summed E-state index contributed by atoms with van der Waals surface area (Å²) in [5, 5.41) is 3.62. The molecule has 0 bridgehead atoms. The molecule has 1 aliphatic heterocycles. The predicted molar refractivity (Wildman–Crippen MR) is 107 cm³/mol. The van der Waals surface area contributed by atoms with Gasteiger partial charge < -0.3 is 10.1 Å². The Morgan fingerprint density at radius 3 is 2.81 bits per heavy atom. The largest absolute Gasteiger partial charge is 0.461 e. The summed E-state index contributed by atoms with van der Waals surface area (Å²) >= 11 is 0. The molecule has 0 radical (unpaired) electrons. The molecule has 0 aromatic rings. The van der Waals surface area contributed by atoms with E-state index in [9.17, 15) is 4.79 Å². The third-order valence-corrected chi connectivity index (χ3v) is 7.19. The van der Waals surface area contributed by atoms with Crippen molar-refractivity contribution in [2.75, 3.05) is 6.54 Å². The minimum Gasteiger partial charge on any atom is -0.461 e. The van der Waals surface area contributed by atoms with Crippen molar-refractivity contribution in [2.24, 2.45) is 29.1 Å². The van der Waals surface area contributed by atoms with Gasteiger partial charge in [0.05, 0.1) is 5.92 Å². The van der Waals surface area contributed by atoms with Crippen molar-refractivity contribution in [3.8, 4) is 0 Å². The number of nitrogens with one attached hydrogen (secondary N) is 1. The third-order valence-electron chi connectivity index (χ3n) is 7.19. The molecule has 0 aromatic heterocycles. The fraction of sp³-hybridized carbons (Fsp3) is 0.870.